The minimum atomic E-state index is -5.21. The Morgan fingerprint density at radius 3 is 1.29 bits per heavy atom. The average Bonchev–Trinajstić information content (AvgIpc) is 3.55. The molecule has 39 heteroatoms. The number of hydrogen-bond acceptors (Lipinski definition) is 35. The number of hydrogen-bond donors (Lipinski definition) is 22. The number of phosphoric acid groups is 1. The normalized spacial score (nSPS) is 47.2. The summed E-state index contributed by atoms with van der Waals surface area (Å²) < 4.78 is 83.6. The summed E-state index contributed by atoms with van der Waals surface area (Å²) in [6.45, 7) is -5.99. The highest BCUT2D eigenvalue weighted by Gasteiger charge is 2.56. The van der Waals surface area contributed by atoms with E-state index in [0.717, 1.165) is 0 Å². The molecule has 0 aromatic carbocycles. The van der Waals surface area contributed by atoms with Crippen LogP contribution in [0.25, 0.3) is 0 Å². The second-order valence-electron chi connectivity index (χ2n) is 19.1. The first-order chi connectivity index (χ1) is 37.3. The lowest BCUT2D eigenvalue weighted by atomic mass is 9.96. The van der Waals surface area contributed by atoms with Crippen LogP contribution in [0, 0.1) is 0 Å². The fraction of sp³-hybridized carbons (Fsp3) is 0.975. The molecule has 6 fully saturated rings. The molecule has 12 unspecified atom stereocenters. The second-order valence-corrected chi connectivity index (χ2v) is 20.3. The SMILES string of the molecule is NNC(=O)CCCO[C@@H]1OC(CO[C@H]2OC(CO[C@H]3OC(CO)[C@@H](O)[C@H](O)C3O[C@@H]3OC(COO)[C@@H](O)[C@H](O)C3O)[C@@H](O)[C@H](O)C2O)[C@@H](O)[C@H](O[C@@H]2OC(CO)[C@@H](O)[C@H](O)C2O[C@H]2OC(COP(=O)(O)O)[C@@H](O)[C@H](O)C2O)C1O. The van der Waals surface area contributed by atoms with Crippen molar-refractivity contribution in [2.75, 3.05) is 46.2 Å². The minimum Gasteiger partial charge on any atom is -0.394 e. The first kappa shape index (κ1) is 66.4. The van der Waals surface area contributed by atoms with E-state index >= 15 is 0 Å². The maximum absolute atomic E-state index is 11.8. The number of rotatable bonds is 24. The van der Waals surface area contributed by atoms with Gasteiger partial charge in [-0.1, -0.05) is 0 Å². The number of phosphoric ester groups is 1. The molecule has 6 aliphatic heterocycles. The number of hydrazine groups is 1. The third-order valence-corrected chi connectivity index (χ3v) is 14.1. The Hall–Kier alpha value is -1.70. The highest BCUT2D eigenvalue weighted by atomic mass is 31.2. The van der Waals surface area contributed by atoms with Crippen molar-refractivity contribution in [3.05, 3.63) is 0 Å². The van der Waals surface area contributed by atoms with Crippen LogP contribution in [-0.2, 0) is 75.6 Å². The maximum atomic E-state index is 11.8. The van der Waals surface area contributed by atoms with Crippen molar-refractivity contribution in [1.29, 1.82) is 0 Å². The van der Waals surface area contributed by atoms with E-state index in [9.17, 15) is 106 Å². The Labute approximate surface area is 445 Å². The van der Waals surface area contributed by atoms with Crippen molar-refractivity contribution in [3.63, 3.8) is 0 Å². The van der Waals surface area contributed by atoms with Gasteiger partial charge in [0.25, 0.3) is 0 Å². The van der Waals surface area contributed by atoms with Gasteiger partial charge in [0.15, 0.2) is 37.7 Å². The van der Waals surface area contributed by atoms with Crippen molar-refractivity contribution >= 4 is 13.7 Å². The first-order valence-electron chi connectivity index (χ1n) is 24.4. The van der Waals surface area contributed by atoms with E-state index in [4.69, 9.17) is 67.9 Å². The summed E-state index contributed by atoms with van der Waals surface area (Å²) in [4.78, 5) is 34.1. The molecule has 0 aromatic rings. The van der Waals surface area contributed by atoms with Crippen molar-refractivity contribution < 1.29 is 177 Å². The second kappa shape index (κ2) is 29.4. The zero-order valence-corrected chi connectivity index (χ0v) is 42.1. The molecule has 23 N–H and O–H groups in total. The molecule has 0 radical (unpaired) electrons. The molecule has 79 heavy (non-hydrogen) atoms. The topological polar surface area (TPSA) is 606 Å². The molecular weight excluding hydrogens is 1120 g/mol. The molecule has 6 heterocycles. The van der Waals surface area contributed by atoms with Crippen LogP contribution in [0.3, 0.4) is 0 Å². The molecule has 38 nitrogen and oxygen atoms in total. The highest BCUT2D eigenvalue weighted by Crippen LogP contribution is 2.39. The van der Waals surface area contributed by atoms with Crippen LogP contribution >= 0.6 is 7.82 Å². The van der Waals surface area contributed by atoms with Gasteiger partial charge in [0, 0.05) is 6.42 Å². The molecule has 6 rings (SSSR count). The zero-order valence-electron chi connectivity index (χ0n) is 41.2. The van der Waals surface area contributed by atoms with Gasteiger partial charge in [0.2, 0.25) is 5.91 Å². The highest BCUT2D eigenvalue weighted by molar-refractivity contribution is 7.46. The van der Waals surface area contributed by atoms with Crippen LogP contribution in [0.1, 0.15) is 12.8 Å². The fourth-order valence-electron chi connectivity index (χ4n) is 9.10. The molecule has 0 aromatic heterocycles. The quantitative estimate of drug-likeness (QED) is 0.0107. The van der Waals surface area contributed by atoms with Gasteiger partial charge in [-0.25, -0.2) is 15.3 Å². The lowest BCUT2D eigenvalue weighted by Gasteiger charge is -2.48. The Kier molecular flexibility index (Phi) is 24.7. The van der Waals surface area contributed by atoms with Crippen LogP contribution in [0.15, 0.2) is 0 Å². The Morgan fingerprint density at radius 1 is 0.430 bits per heavy atom. The van der Waals surface area contributed by atoms with Crippen LogP contribution in [0.4, 0.5) is 0 Å². The summed E-state index contributed by atoms with van der Waals surface area (Å²) in [5, 5.41) is 192. The predicted molar refractivity (Wildman–Crippen MR) is 237 cm³/mol. The van der Waals surface area contributed by atoms with Gasteiger partial charge in [0.05, 0.1) is 39.6 Å². The largest absolute Gasteiger partial charge is 0.469 e. The molecule has 0 aliphatic carbocycles. The third kappa shape index (κ3) is 16.0. The van der Waals surface area contributed by atoms with Crippen molar-refractivity contribution in [3.8, 4) is 0 Å². The fourth-order valence-corrected chi connectivity index (χ4v) is 9.44. The molecular formula is C40H71N2O36P. The van der Waals surface area contributed by atoms with Gasteiger partial charge >= 0.3 is 7.82 Å². The summed E-state index contributed by atoms with van der Waals surface area (Å²) in [6, 6.07) is 0. The molecule has 1 amide bonds. The van der Waals surface area contributed by atoms with Gasteiger partial charge in [-0.05, 0) is 6.42 Å². The van der Waals surface area contributed by atoms with Crippen LogP contribution in [0.5, 0.6) is 0 Å². The van der Waals surface area contributed by atoms with E-state index in [2.05, 4.69) is 9.41 Å². The predicted octanol–water partition coefficient (Wildman–Crippen LogP) is -13.7. The van der Waals surface area contributed by atoms with E-state index in [-0.39, 0.29) is 19.4 Å². The minimum absolute atomic E-state index is 0.0614. The number of ether oxygens (including phenoxy) is 12. The number of nitrogens with two attached hydrogens (primary N) is 1. The van der Waals surface area contributed by atoms with Gasteiger partial charge in [-0.2, -0.15) is 0 Å². The first-order valence-corrected chi connectivity index (χ1v) is 25.9. The Balaban J connectivity index is 1.19. The maximum Gasteiger partial charge on any atom is 0.469 e. The molecule has 0 saturated carbocycles. The number of amides is 1. The van der Waals surface area contributed by atoms with E-state index in [1.165, 1.54) is 0 Å². The van der Waals surface area contributed by atoms with Crippen LogP contribution < -0.4 is 11.3 Å². The molecule has 6 aliphatic rings. The van der Waals surface area contributed by atoms with E-state index in [1.54, 1.807) is 0 Å². The summed E-state index contributed by atoms with van der Waals surface area (Å²) in [5.74, 6) is 4.51. The average molecular weight is 1190 g/mol. The Morgan fingerprint density at radius 2 is 0.810 bits per heavy atom. The van der Waals surface area contributed by atoms with Crippen molar-refractivity contribution in [1.82, 2.24) is 5.43 Å². The molecule has 0 spiro atoms. The van der Waals surface area contributed by atoms with E-state index < -0.39 is 238 Å². The summed E-state index contributed by atoms with van der Waals surface area (Å²) >= 11 is 0. The monoisotopic (exact) mass is 1190 g/mol. The molecule has 30 atom stereocenters. The number of carbonyl (C=O) groups is 1. The molecule has 6 saturated heterocycles. The summed E-state index contributed by atoms with van der Waals surface area (Å²) in [5.41, 5.74) is 1.90. The standard InChI is InChI=1S/C40H71N2O36P/c41-42-16(45)2-1-3-65-36-31(60)32(76-40-34(27(56)18(47)11(5-44)71-40)78-38-30(59)25(54)21(50)15(75-38)9-69-79(62,63)64)22(51)13(73-36)7-66-35-28(57)23(52)19(48)12(72-35)6-67-39-33(26(55)17(46)10(4-43)70-39)77-37-29(58)24(53)20(49)14(74-37)8-68-61/h10-15,17-40,43-44,46-61H,1-9,41H2,(H,42,45)(H2,62,63,64)/t10?,11?,12?,13?,14?,15?,17-,18-,19-,20-,21-,22-,23+,24+,25+,26+,27+,28?,29?,30?,31?,32+,33?,34?,35+,36-,37+,38-,39+,40+/m1/s1. The van der Waals surface area contributed by atoms with Gasteiger partial charge in [0.1, 0.15) is 153 Å². The number of aliphatic hydroxyl groups is 17. The number of aliphatic hydroxyl groups excluding tert-OH is 17. The van der Waals surface area contributed by atoms with Crippen molar-refractivity contribution in [2.45, 2.75) is 197 Å². The zero-order chi connectivity index (χ0) is 58.4. The summed E-state index contributed by atoms with van der Waals surface area (Å²) in [7, 11) is -5.21. The number of nitrogens with one attached hydrogen (secondary N) is 1. The van der Waals surface area contributed by atoms with Gasteiger partial charge in [-0.15, -0.1) is 0 Å². The Bertz CT molecular complexity index is 1910. The lowest BCUT2D eigenvalue weighted by molar-refractivity contribution is -0.391. The molecule has 0 bridgehead atoms. The third-order valence-electron chi connectivity index (χ3n) is 13.7. The summed E-state index contributed by atoms with van der Waals surface area (Å²) in [6.07, 6.45) is -59.6. The molecule has 462 valence electrons. The van der Waals surface area contributed by atoms with Crippen LogP contribution in [-0.4, -0.2) is 338 Å². The van der Waals surface area contributed by atoms with Crippen molar-refractivity contribution in [2.24, 2.45) is 5.84 Å². The van der Waals surface area contributed by atoms with E-state index in [0.29, 0.717) is 0 Å². The van der Waals surface area contributed by atoms with Gasteiger partial charge in [-0.3, -0.25) is 20.0 Å². The van der Waals surface area contributed by atoms with E-state index in [1.807, 2.05) is 5.43 Å². The van der Waals surface area contributed by atoms with Gasteiger partial charge < -0.3 is 153 Å². The number of carbonyl (C=O) groups excluding carboxylic acids is 1. The smallest absolute Gasteiger partial charge is 0.394 e. The van der Waals surface area contributed by atoms with Crippen LogP contribution in [0.2, 0.25) is 0 Å². The lowest BCUT2D eigenvalue weighted by Crippen LogP contribution is -2.67.